The minimum absolute atomic E-state index is 0.0945. The maximum absolute atomic E-state index is 9.87. The number of benzene rings is 1. The summed E-state index contributed by atoms with van der Waals surface area (Å²) in [6.07, 6.45) is 4.88. The van der Waals surface area contributed by atoms with Crippen molar-refractivity contribution in [2.45, 2.75) is 39.5 Å². The second kappa shape index (κ2) is 5.96. The van der Waals surface area contributed by atoms with Crippen LogP contribution < -0.4 is 4.90 Å². The largest absolute Gasteiger partial charge is 0.396 e. The summed E-state index contributed by atoms with van der Waals surface area (Å²) in [7, 11) is 2.14. The molecule has 2 heteroatoms. The molecule has 1 saturated carbocycles. The third kappa shape index (κ3) is 3.50. The van der Waals surface area contributed by atoms with Crippen LogP contribution in [0.25, 0.3) is 0 Å². The average molecular weight is 261 g/mol. The van der Waals surface area contributed by atoms with Crippen LogP contribution in [0.4, 0.5) is 5.69 Å². The minimum atomic E-state index is 0.0945. The summed E-state index contributed by atoms with van der Waals surface area (Å²) in [4.78, 5) is 2.30. The first-order valence-corrected chi connectivity index (χ1v) is 7.43. The van der Waals surface area contributed by atoms with Crippen molar-refractivity contribution in [3.8, 4) is 0 Å². The number of rotatable bonds is 4. The highest BCUT2D eigenvalue weighted by molar-refractivity contribution is 5.46. The van der Waals surface area contributed by atoms with E-state index < -0.39 is 0 Å². The Morgan fingerprint density at radius 3 is 2.58 bits per heavy atom. The van der Waals surface area contributed by atoms with E-state index in [0.717, 1.165) is 25.3 Å². The molecule has 0 amide bonds. The van der Waals surface area contributed by atoms with Gasteiger partial charge in [-0.2, -0.15) is 0 Å². The van der Waals surface area contributed by atoms with Gasteiger partial charge in [0, 0.05) is 24.7 Å². The molecule has 0 aliphatic heterocycles. The Hall–Kier alpha value is -1.02. The molecule has 0 saturated heterocycles. The van der Waals surface area contributed by atoms with Crippen LogP contribution in [0.2, 0.25) is 0 Å². The van der Waals surface area contributed by atoms with Gasteiger partial charge in [0.25, 0.3) is 0 Å². The zero-order valence-electron chi connectivity index (χ0n) is 12.5. The SMILES string of the molecule is Cc1ccc(N(C)CC2(CO)CCCC(C)C2)cc1. The fourth-order valence-electron chi connectivity index (χ4n) is 3.50. The molecule has 1 aliphatic carbocycles. The zero-order chi connectivity index (χ0) is 13.9. The number of hydrogen-bond donors (Lipinski definition) is 1. The molecule has 0 heterocycles. The Balaban J connectivity index is 2.07. The van der Waals surface area contributed by atoms with E-state index in [0.29, 0.717) is 6.61 Å². The van der Waals surface area contributed by atoms with Gasteiger partial charge in [-0.25, -0.2) is 0 Å². The van der Waals surface area contributed by atoms with Gasteiger partial charge in [-0.15, -0.1) is 0 Å². The Labute approximate surface area is 117 Å². The molecule has 2 rings (SSSR count). The number of aliphatic hydroxyl groups excluding tert-OH is 1. The van der Waals surface area contributed by atoms with E-state index in [-0.39, 0.29) is 5.41 Å². The fourth-order valence-corrected chi connectivity index (χ4v) is 3.50. The Bertz CT molecular complexity index is 400. The van der Waals surface area contributed by atoms with Gasteiger partial charge in [0.2, 0.25) is 0 Å². The van der Waals surface area contributed by atoms with Crippen molar-refractivity contribution in [3.05, 3.63) is 29.8 Å². The molecular formula is C17H27NO. The van der Waals surface area contributed by atoms with E-state index in [2.05, 4.69) is 50.1 Å². The molecule has 0 aromatic heterocycles. The van der Waals surface area contributed by atoms with Crippen LogP contribution in [0, 0.1) is 18.3 Å². The molecular weight excluding hydrogens is 234 g/mol. The van der Waals surface area contributed by atoms with Crippen molar-refractivity contribution in [1.29, 1.82) is 0 Å². The molecule has 1 fully saturated rings. The van der Waals surface area contributed by atoms with Crippen molar-refractivity contribution >= 4 is 5.69 Å². The standard InChI is InChI=1S/C17H27NO/c1-14-6-8-16(9-7-14)18(3)12-17(13-19)10-4-5-15(2)11-17/h6-9,15,19H,4-5,10-13H2,1-3H3. The summed E-state index contributed by atoms with van der Waals surface area (Å²) in [6.45, 7) is 5.70. The first kappa shape index (κ1) is 14.4. The van der Waals surface area contributed by atoms with Crippen LogP contribution in [0.15, 0.2) is 24.3 Å². The predicted molar refractivity (Wildman–Crippen MR) is 81.6 cm³/mol. The van der Waals surface area contributed by atoms with E-state index >= 15 is 0 Å². The number of nitrogens with zero attached hydrogens (tertiary/aromatic N) is 1. The van der Waals surface area contributed by atoms with Crippen molar-refractivity contribution in [1.82, 2.24) is 0 Å². The number of hydrogen-bond acceptors (Lipinski definition) is 2. The molecule has 0 bridgehead atoms. The summed E-state index contributed by atoms with van der Waals surface area (Å²) < 4.78 is 0. The fraction of sp³-hybridized carbons (Fsp3) is 0.647. The van der Waals surface area contributed by atoms with E-state index in [1.807, 2.05) is 0 Å². The Morgan fingerprint density at radius 1 is 1.32 bits per heavy atom. The highest BCUT2D eigenvalue weighted by atomic mass is 16.3. The van der Waals surface area contributed by atoms with E-state index in [4.69, 9.17) is 0 Å². The summed E-state index contributed by atoms with van der Waals surface area (Å²) in [6, 6.07) is 8.65. The summed E-state index contributed by atoms with van der Waals surface area (Å²) in [5.41, 5.74) is 2.63. The van der Waals surface area contributed by atoms with Gasteiger partial charge in [-0.3, -0.25) is 0 Å². The first-order chi connectivity index (χ1) is 9.04. The van der Waals surface area contributed by atoms with Crippen LogP contribution in [0.5, 0.6) is 0 Å². The molecule has 1 aromatic rings. The third-order valence-corrected chi connectivity index (χ3v) is 4.57. The van der Waals surface area contributed by atoms with Crippen molar-refractivity contribution in [2.24, 2.45) is 11.3 Å². The van der Waals surface area contributed by atoms with E-state index in [9.17, 15) is 5.11 Å². The van der Waals surface area contributed by atoms with Gasteiger partial charge in [0.1, 0.15) is 0 Å². The molecule has 1 aliphatic rings. The van der Waals surface area contributed by atoms with Crippen LogP contribution in [-0.2, 0) is 0 Å². The lowest BCUT2D eigenvalue weighted by Crippen LogP contribution is -2.41. The maximum atomic E-state index is 9.87. The van der Waals surface area contributed by atoms with Gasteiger partial charge in [-0.1, -0.05) is 37.5 Å². The van der Waals surface area contributed by atoms with Crippen LogP contribution in [-0.4, -0.2) is 25.3 Å². The van der Waals surface area contributed by atoms with Crippen molar-refractivity contribution in [3.63, 3.8) is 0 Å². The van der Waals surface area contributed by atoms with Gasteiger partial charge in [-0.05, 0) is 37.8 Å². The monoisotopic (exact) mass is 261 g/mol. The number of anilines is 1. The van der Waals surface area contributed by atoms with Gasteiger partial charge in [0.15, 0.2) is 0 Å². The van der Waals surface area contributed by atoms with Crippen LogP contribution >= 0.6 is 0 Å². The van der Waals surface area contributed by atoms with Gasteiger partial charge < -0.3 is 10.0 Å². The van der Waals surface area contributed by atoms with Crippen molar-refractivity contribution in [2.75, 3.05) is 25.1 Å². The third-order valence-electron chi connectivity index (χ3n) is 4.57. The first-order valence-electron chi connectivity index (χ1n) is 7.43. The zero-order valence-corrected chi connectivity index (χ0v) is 12.5. The summed E-state index contributed by atoms with van der Waals surface area (Å²) in [5.74, 6) is 0.743. The van der Waals surface area contributed by atoms with Crippen LogP contribution in [0.3, 0.4) is 0 Å². The topological polar surface area (TPSA) is 23.5 Å². The molecule has 2 unspecified atom stereocenters. The summed E-state index contributed by atoms with van der Waals surface area (Å²) >= 11 is 0. The molecule has 0 spiro atoms. The molecule has 1 N–H and O–H groups in total. The summed E-state index contributed by atoms with van der Waals surface area (Å²) in [5, 5.41) is 9.87. The lowest BCUT2D eigenvalue weighted by Gasteiger charge is -2.41. The smallest absolute Gasteiger partial charge is 0.0504 e. The second-order valence-electron chi connectivity index (χ2n) is 6.55. The molecule has 2 nitrogen and oxygen atoms in total. The number of aliphatic hydroxyl groups is 1. The van der Waals surface area contributed by atoms with E-state index in [1.54, 1.807) is 0 Å². The second-order valence-corrected chi connectivity index (χ2v) is 6.55. The van der Waals surface area contributed by atoms with E-state index in [1.165, 1.54) is 24.1 Å². The lowest BCUT2D eigenvalue weighted by molar-refractivity contribution is 0.0676. The lowest BCUT2D eigenvalue weighted by atomic mass is 9.70. The minimum Gasteiger partial charge on any atom is -0.396 e. The van der Waals surface area contributed by atoms with Gasteiger partial charge >= 0.3 is 0 Å². The highest BCUT2D eigenvalue weighted by Gasteiger charge is 2.35. The average Bonchev–Trinajstić information content (AvgIpc) is 2.39. The van der Waals surface area contributed by atoms with Crippen LogP contribution in [0.1, 0.15) is 38.2 Å². The Kier molecular flexibility index (Phi) is 4.51. The Morgan fingerprint density at radius 2 is 2.00 bits per heavy atom. The normalized spacial score (nSPS) is 27.3. The maximum Gasteiger partial charge on any atom is 0.0504 e. The quantitative estimate of drug-likeness (QED) is 0.895. The molecule has 19 heavy (non-hydrogen) atoms. The number of aryl methyl sites for hydroxylation is 1. The molecule has 1 aromatic carbocycles. The van der Waals surface area contributed by atoms with Gasteiger partial charge in [0.05, 0.1) is 6.61 Å². The van der Waals surface area contributed by atoms with Crippen molar-refractivity contribution < 1.29 is 5.11 Å². The molecule has 0 radical (unpaired) electrons. The predicted octanol–water partition coefficient (Wildman–Crippen LogP) is 3.62. The molecule has 106 valence electrons. The highest BCUT2D eigenvalue weighted by Crippen LogP contribution is 2.40. The molecule has 2 atom stereocenters.